The van der Waals surface area contributed by atoms with Crippen molar-refractivity contribution in [3.63, 3.8) is 0 Å². The Kier molecular flexibility index (Phi) is 4.32. The Morgan fingerprint density at radius 1 is 1.44 bits per heavy atom. The number of nitrogens with zero attached hydrogens (tertiary/aromatic N) is 1. The van der Waals surface area contributed by atoms with Crippen LogP contribution in [0.5, 0.6) is 0 Å². The fourth-order valence-corrected chi connectivity index (χ4v) is 2.32. The summed E-state index contributed by atoms with van der Waals surface area (Å²) in [4.78, 5) is 35.7. The summed E-state index contributed by atoms with van der Waals surface area (Å²) in [6.45, 7) is 5.43. The highest BCUT2D eigenvalue weighted by atomic mass is 16.4. The zero-order chi connectivity index (χ0) is 13.9. The topological polar surface area (TPSA) is 86.7 Å². The van der Waals surface area contributed by atoms with Gasteiger partial charge in [-0.2, -0.15) is 0 Å². The molecule has 0 aliphatic carbocycles. The van der Waals surface area contributed by atoms with E-state index in [2.05, 4.69) is 5.32 Å². The van der Waals surface area contributed by atoms with E-state index in [-0.39, 0.29) is 18.4 Å². The van der Waals surface area contributed by atoms with E-state index in [9.17, 15) is 19.5 Å². The lowest BCUT2D eigenvalue weighted by Gasteiger charge is -2.25. The second-order valence-corrected chi connectivity index (χ2v) is 4.87. The summed E-state index contributed by atoms with van der Waals surface area (Å²) in [6, 6.07) is -0.607. The first-order valence-electron chi connectivity index (χ1n) is 6.11. The fourth-order valence-electron chi connectivity index (χ4n) is 2.32. The first-order valence-corrected chi connectivity index (χ1v) is 6.11. The molecule has 1 fully saturated rings. The van der Waals surface area contributed by atoms with Gasteiger partial charge in [0.1, 0.15) is 6.04 Å². The molecule has 1 heterocycles. The third-order valence-corrected chi connectivity index (χ3v) is 3.59. The van der Waals surface area contributed by atoms with Gasteiger partial charge in [-0.1, -0.05) is 6.92 Å². The summed E-state index contributed by atoms with van der Waals surface area (Å²) in [5.74, 6) is -1.34. The predicted octanol–water partition coefficient (Wildman–Crippen LogP) is 0.224. The summed E-state index contributed by atoms with van der Waals surface area (Å²) in [7, 11) is 0. The van der Waals surface area contributed by atoms with E-state index in [1.54, 1.807) is 6.92 Å². The van der Waals surface area contributed by atoms with Crippen molar-refractivity contribution in [3.8, 4) is 0 Å². The fraction of sp³-hybridized carbons (Fsp3) is 0.750. The van der Waals surface area contributed by atoms with Gasteiger partial charge in [-0.25, -0.2) is 0 Å². The second-order valence-electron chi connectivity index (χ2n) is 4.87. The molecule has 1 rings (SSSR count). The third kappa shape index (κ3) is 2.80. The molecule has 2 unspecified atom stereocenters. The van der Waals surface area contributed by atoms with E-state index in [4.69, 9.17) is 0 Å². The first-order chi connectivity index (χ1) is 8.32. The van der Waals surface area contributed by atoms with E-state index < -0.39 is 17.4 Å². The maximum atomic E-state index is 12.0. The lowest BCUT2D eigenvalue weighted by molar-refractivity contribution is -0.149. The minimum Gasteiger partial charge on any atom is -0.481 e. The molecule has 0 radical (unpaired) electrons. The molecule has 2 amide bonds. The predicted molar refractivity (Wildman–Crippen MR) is 64.8 cm³/mol. The van der Waals surface area contributed by atoms with Crippen LogP contribution in [0.1, 0.15) is 33.6 Å². The van der Waals surface area contributed by atoms with Crippen molar-refractivity contribution in [2.45, 2.75) is 39.7 Å². The number of hydrogen-bond donors (Lipinski definition) is 2. The Hall–Kier alpha value is -1.59. The number of carbonyl (C=O) groups is 3. The van der Waals surface area contributed by atoms with Gasteiger partial charge in [-0.3, -0.25) is 14.4 Å². The quantitative estimate of drug-likeness (QED) is 0.753. The van der Waals surface area contributed by atoms with Gasteiger partial charge in [0.2, 0.25) is 11.8 Å². The Balaban J connectivity index is 2.69. The Labute approximate surface area is 106 Å². The molecule has 0 bridgehead atoms. The number of rotatable bonds is 4. The van der Waals surface area contributed by atoms with E-state index in [1.165, 1.54) is 11.8 Å². The van der Waals surface area contributed by atoms with Gasteiger partial charge in [0.15, 0.2) is 0 Å². The Morgan fingerprint density at radius 2 is 2.06 bits per heavy atom. The smallest absolute Gasteiger partial charge is 0.311 e. The molecule has 0 aromatic heterocycles. The molecule has 102 valence electrons. The first kappa shape index (κ1) is 14.5. The Morgan fingerprint density at radius 3 is 2.44 bits per heavy atom. The highest BCUT2D eigenvalue weighted by molar-refractivity contribution is 5.87. The lowest BCUT2D eigenvalue weighted by atomic mass is 9.84. The van der Waals surface area contributed by atoms with Gasteiger partial charge in [-0.15, -0.1) is 0 Å². The maximum absolute atomic E-state index is 12.0. The normalized spacial score (nSPS) is 24.7. The van der Waals surface area contributed by atoms with E-state index in [1.807, 2.05) is 6.92 Å². The van der Waals surface area contributed by atoms with Crippen LogP contribution in [0.15, 0.2) is 0 Å². The van der Waals surface area contributed by atoms with Crippen molar-refractivity contribution in [2.24, 2.45) is 5.41 Å². The summed E-state index contributed by atoms with van der Waals surface area (Å²) >= 11 is 0. The number of amides is 2. The van der Waals surface area contributed by atoms with Gasteiger partial charge in [-0.05, 0) is 19.8 Å². The minimum absolute atomic E-state index is 0.221. The Bertz CT molecular complexity index is 369. The molecule has 1 aliphatic heterocycles. The van der Waals surface area contributed by atoms with Crippen molar-refractivity contribution >= 4 is 17.8 Å². The molecule has 6 nitrogen and oxygen atoms in total. The molecule has 18 heavy (non-hydrogen) atoms. The highest BCUT2D eigenvalue weighted by Crippen LogP contribution is 2.34. The van der Waals surface area contributed by atoms with Gasteiger partial charge >= 0.3 is 5.97 Å². The number of hydrogen-bond acceptors (Lipinski definition) is 3. The summed E-state index contributed by atoms with van der Waals surface area (Å²) in [5, 5.41) is 11.8. The van der Waals surface area contributed by atoms with Crippen LogP contribution >= 0.6 is 0 Å². The van der Waals surface area contributed by atoms with Crippen molar-refractivity contribution in [1.29, 1.82) is 0 Å². The van der Waals surface area contributed by atoms with Gasteiger partial charge in [0.25, 0.3) is 0 Å². The van der Waals surface area contributed by atoms with Crippen LogP contribution in [-0.2, 0) is 14.4 Å². The van der Waals surface area contributed by atoms with E-state index in [0.29, 0.717) is 19.4 Å². The van der Waals surface area contributed by atoms with Crippen LogP contribution in [-0.4, -0.2) is 46.9 Å². The van der Waals surface area contributed by atoms with Crippen LogP contribution < -0.4 is 5.32 Å². The lowest BCUT2D eigenvalue weighted by Crippen LogP contribution is -2.46. The molecule has 1 saturated heterocycles. The number of likely N-dealkylation sites (tertiary alicyclic amines) is 1. The summed E-state index contributed by atoms with van der Waals surface area (Å²) in [5.41, 5.74) is -0.828. The van der Waals surface area contributed by atoms with Crippen LogP contribution in [0.2, 0.25) is 0 Å². The molecule has 0 aromatic rings. The zero-order valence-electron chi connectivity index (χ0n) is 11.0. The molecule has 0 aromatic carbocycles. The average Bonchev–Trinajstić information content (AvgIpc) is 2.72. The summed E-state index contributed by atoms with van der Waals surface area (Å²) in [6.07, 6.45) is 0.970. The van der Waals surface area contributed by atoms with Crippen LogP contribution in [0.25, 0.3) is 0 Å². The van der Waals surface area contributed by atoms with Crippen molar-refractivity contribution in [3.05, 3.63) is 0 Å². The molecular weight excluding hydrogens is 236 g/mol. The molecule has 2 atom stereocenters. The van der Waals surface area contributed by atoms with Gasteiger partial charge in [0.05, 0.1) is 5.41 Å². The molecule has 0 spiro atoms. The molecule has 1 aliphatic rings. The number of carbonyl (C=O) groups excluding carboxylic acids is 2. The molecule has 6 heteroatoms. The number of carboxylic acids is 1. The van der Waals surface area contributed by atoms with Crippen molar-refractivity contribution in [1.82, 2.24) is 10.2 Å². The highest BCUT2D eigenvalue weighted by Gasteiger charge is 2.45. The number of aliphatic carboxylic acids is 1. The standard InChI is InChI=1S/C12H20N2O4/c1-4-12(11(17)18)5-6-14(7-12)10(16)8(2)13-9(3)15/h8H,4-7H2,1-3H3,(H,13,15)(H,17,18). The monoisotopic (exact) mass is 256 g/mol. The van der Waals surface area contributed by atoms with Crippen LogP contribution in [0, 0.1) is 5.41 Å². The zero-order valence-corrected chi connectivity index (χ0v) is 11.0. The molecule has 2 N–H and O–H groups in total. The van der Waals surface area contributed by atoms with Gasteiger partial charge < -0.3 is 15.3 Å². The largest absolute Gasteiger partial charge is 0.481 e. The van der Waals surface area contributed by atoms with Gasteiger partial charge in [0, 0.05) is 20.0 Å². The van der Waals surface area contributed by atoms with Crippen LogP contribution in [0.4, 0.5) is 0 Å². The third-order valence-electron chi connectivity index (χ3n) is 3.59. The average molecular weight is 256 g/mol. The van der Waals surface area contributed by atoms with Crippen LogP contribution in [0.3, 0.4) is 0 Å². The molecule has 0 saturated carbocycles. The molecular formula is C12H20N2O4. The van der Waals surface area contributed by atoms with Crippen molar-refractivity contribution < 1.29 is 19.5 Å². The van der Waals surface area contributed by atoms with E-state index >= 15 is 0 Å². The SMILES string of the molecule is CCC1(C(=O)O)CCN(C(=O)C(C)NC(C)=O)C1. The van der Waals surface area contributed by atoms with Crippen molar-refractivity contribution in [2.75, 3.05) is 13.1 Å². The van der Waals surface area contributed by atoms with E-state index in [0.717, 1.165) is 0 Å². The summed E-state index contributed by atoms with van der Waals surface area (Å²) < 4.78 is 0. The maximum Gasteiger partial charge on any atom is 0.311 e. The minimum atomic E-state index is -0.854. The number of carboxylic acid groups (broad SMARTS) is 1. The number of nitrogens with one attached hydrogen (secondary N) is 1. The second kappa shape index (κ2) is 5.37.